The number of nitrogens with two attached hydrogens (primary N) is 4. The molecule has 0 fully saturated rings. The number of guanidine groups is 2. The lowest BCUT2D eigenvalue weighted by Gasteiger charge is -2.32. The number of aromatic nitrogens is 1. The number of ketones is 1. The molecule has 0 aliphatic rings. The lowest BCUT2D eigenvalue weighted by Crippen LogP contribution is -2.52. The number of carboxylic acids is 1. The fourth-order valence-corrected chi connectivity index (χ4v) is 7.55. The number of nitrogens with one attached hydrogen (secondary N) is 1. The Morgan fingerprint density at radius 1 is 0.558 bits per heavy atom. The monoisotopic (exact) mass is 1070 g/mol. The number of amides is 6. The molecule has 1 aromatic heterocycles. The molecule has 0 bridgehead atoms. The molecule has 0 aliphatic carbocycles. The highest BCUT2D eigenvalue weighted by molar-refractivity contribution is 5.93. The summed E-state index contributed by atoms with van der Waals surface area (Å²) in [5.41, 5.74) is 24.5. The summed E-state index contributed by atoms with van der Waals surface area (Å²) in [5.74, 6) is -5.55. The van der Waals surface area contributed by atoms with Crippen LogP contribution in [0.1, 0.15) is 62.1 Å². The average molecular weight is 1070 g/mol. The van der Waals surface area contributed by atoms with Crippen molar-refractivity contribution in [1.29, 1.82) is 0 Å². The number of unbranched alkanes of at least 4 members (excludes halogenated alkanes) is 1. The molecule has 1 heterocycles. The molecular formula is C52H76N14O11. The second-order valence-electron chi connectivity index (χ2n) is 18.2. The fourth-order valence-electron chi connectivity index (χ4n) is 7.55. The van der Waals surface area contributed by atoms with E-state index in [9.17, 15) is 53.7 Å². The third-order valence-corrected chi connectivity index (χ3v) is 11.9. The normalized spacial score (nSPS) is 10.7. The number of aliphatic imine (C=N–C) groups is 2. The third kappa shape index (κ3) is 25.6. The number of carboxylic acid groups (broad SMARTS) is 1. The molecule has 6 amide bonds. The molecule has 0 atom stereocenters. The van der Waals surface area contributed by atoms with Gasteiger partial charge in [0.15, 0.2) is 17.7 Å². The van der Waals surface area contributed by atoms with E-state index in [1.807, 2.05) is 6.92 Å². The van der Waals surface area contributed by atoms with Crippen LogP contribution in [0.4, 0.5) is 0 Å². The number of phenols is 2. The van der Waals surface area contributed by atoms with E-state index in [1.54, 1.807) is 48.5 Å². The number of hydrogen-bond acceptors (Lipinski definition) is 14. The smallest absolute Gasteiger partial charge is 0.305 e. The van der Waals surface area contributed by atoms with Crippen molar-refractivity contribution in [2.24, 2.45) is 32.9 Å². The number of Topliss-reactive ketones (excluding diaryl/α,β-unsaturated/α-hetero) is 1. The Kier molecular flexibility index (Phi) is 28.0. The second kappa shape index (κ2) is 34.3. The van der Waals surface area contributed by atoms with Crippen molar-refractivity contribution < 1.29 is 53.7 Å². The Balaban J connectivity index is 1.94. The van der Waals surface area contributed by atoms with Crippen LogP contribution in [0.3, 0.4) is 0 Å². The van der Waals surface area contributed by atoms with E-state index >= 15 is 0 Å². The van der Waals surface area contributed by atoms with E-state index in [1.165, 1.54) is 46.3 Å². The van der Waals surface area contributed by atoms with E-state index in [0.29, 0.717) is 31.4 Å². The zero-order valence-corrected chi connectivity index (χ0v) is 44.1. The van der Waals surface area contributed by atoms with Crippen LogP contribution in [0.25, 0.3) is 0 Å². The van der Waals surface area contributed by atoms with Gasteiger partial charge in [-0.2, -0.15) is 0 Å². The Morgan fingerprint density at radius 2 is 1.04 bits per heavy atom. The number of pyridine rings is 1. The molecule has 0 saturated carbocycles. The van der Waals surface area contributed by atoms with Crippen LogP contribution in [0.2, 0.25) is 0 Å². The number of hydrogen-bond donors (Lipinski definition) is 8. The summed E-state index contributed by atoms with van der Waals surface area (Å²) in [6, 6.07) is 16.3. The van der Waals surface area contributed by atoms with E-state index < -0.39 is 87.1 Å². The zero-order valence-electron chi connectivity index (χ0n) is 44.1. The molecule has 0 radical (unpaired) electrons. The van der Waals surface area contributed by atoms with Crippen molar-refractivity contribution in [1.82, 2.24) is 39.7 Å². The molecule has 3 rings (SSSR count). The molecule has 0 unspecified atom stereocenters. The van der Waals surface area contributed by atoms with Crippen molar-refractivity contribution in [3.63, 3.8) is 0 Å². The summed E-state index contributed by atoms with van der Waals surface area (Å²) in [7, 11) is 1.40. The molecule has 25 heteroatoms. The number of benzene rings is 2. The molecule has 2 aromatic carbocycles. The molecular weight excluding hydrogens is 997 g/mol. The van der Waals surface area contributed by atoms with Gasteiger partial charge in [-0.1, -0.05) is 43.7 Å². The summed E-state index contributed by atoms with van der Waals surface area (Å²) in [5, 5.41) is 32.2. The minimum absolute atomic E-state index is 0.0473. The van der Waals surface area contributed by atoms with Crippen molar-refractivity contribution in [2.75, 3.05) is 98.7 Å². The highest BCUT2D eigenvalue weighted by Crippen LogP contribution is 2.14. The van der Waals surface area contributed by atoms with Crippen LogP contribution >= 0.6 is 0 Å². The minimum Gasteiger partial charge on any atom is -0.508 e. The van der Waals surface area contributed by atoms with E-state index in [4.69, 9.17) is 22.9 Å². The van der Waals surface area contributed by atoms with Crippen LogP contribution in [-0.4, -0.2) is 207 Å². The largest absolute Gasteiger partial charge is 0.508 e. The number of rotatable bonds is 36. The Bertz CT molecular complexity index is 2440. The van der Waals surface area contributed by atoms with Crippen LogP contribution in [0.15, 0.2) is 83.0 Å². The quantitative estimate of drug-likeness (QED) is 0.0201. The van der Waals surface area contributed by atoms with Crippen molar-refractivity contribution >= 4 is 59.1 Å². The third-order valence-electron chi connectivity index (χ3n) is 11.9. The zero-order chi connectivity index (χ0) is 56.7. The van der Waals surface area contributed by atoms with Crippen LogP contribution < -0.4 is 28.3 Å². The number of aliphatic carboxylic acids is 1. The molecule has 25 nitrogen and oxygen atoms in total. The number of nitrogens with zero attached hydrogens (tertiary/aromatic N) is 9. The van der Waals surface area contributed by atoms with Crippen LogP contribution in [0, 0.1) is 0 Å². The average Bonchev–Trinajstić information content (AvgIpc) is 3.39. The minimum atomic E-state index is -1.25. The lowest BCUT2D eigenvalue weighted by molar-refractivity contribution is -0.148. The van der Waals surface area contributed by atoms with Crippen molar-refractivity contribution in [3.05, 3.63) is 89.7 Å². The predicted octanol–water partition coefficient (Wildman–Crippen LogP) is -0.770. The predicted molar refractivity (Wildman–Crippen MR) is 287 cm³/mol. The maximum Gasteiger partial charge on any atom is 0.305 e. The maximum atomic E-state index is 14.6. The van der Waals surface area contributed by atoms with Crippen molar-refractivity contribution in [2.45, 2.75) is 64.8 Å². The Morgan fingerprint density at radius 3 is 1.53 bits per heavy atom. The topological polar surface area (TPSA) is 370 Å². The Hall–Kier alpha value is -8.35. The van der Waals surface area contributed by atoms with Gasteiger partial charge in [-0.25, -0.2) is 0 Å². The summed E-state index contributed by atoms with van der Waals surface area (Å²) in [6.45, 7) is -1.50. The number of likely N-dealkylation sites (N-methyl/N-ethyl adjacent to an activating group) is 1. The van der Waals surface area contributed by atoms with Gasteiger partial charge in [0.2, 0.25) is 35.4 Å². The number of carbonyl (C=O) groups excluding carboxylic acids is 7. The molecule has 0 spiro atoms. The van der Waals surface area contributed by atoms with Crippen LogP contribution in [0.5, 0.6) is 11.5 Å². The molecule has 0 aliphatic heterocycles. The standard InChI is InChI=1S/C52H76N14O11/c1-3-4-9-43(69)32-61(2)45(71)33-65(28-20-50(76)77)48(74)37-66(31-40-8-5-21-57-29-40)49(75)36-63(26-7-23-60-52(55)56)46(72)34-62(25-6-22-59-51(53)54)47(73)35-64(27-19-39-12-16-42(68)17-13-39)44(70)30-58-24-18-38-10-14-41(67)15-11-38/h5,8,10-17,21,29,58,67-68H,3-4,6-7,9,18-20,22-28,30-37H2,1-2H3,(H,76,77)(H4,53,54,59)(H4,55,56,60). The maximum absolute atomic E-state index is 14.6. The summed E-state index contributed by atoms with van der Waals surface area (Å²) in [6.07, 6.45) is 5.30. The van der Waals surface area contributed by atoms with E-state index in [2.05, 4.69) is 20.3 Å². The first-order valence-corrected chi connectivity index (χ1v) is 25.4. The van der Waals surface area contributed by atoms with Gasteiger partial charge in [0.05, 0.1) is 45.7 Å². The highest BCUT2D eigenvalue weighted by atomic mass is 16.4. The number of aromatic hydroxyl groups is 2. The first-order chi connectivity index (χ1) is 36.7. The van der Waals surface area contributed by atoms with Gasteiger partial charge in [0.25, 0.3) is 0 Å². The number of phenolic OH excluding ortho intramolecular Hbond substituents is 2. The first kappa shape index (κ1) is 62.9. The first-order valence-electron chi connectivity index (χ1n) is 25.4. The SMILES string of the molecule is CCCCC(=O)CN(C)C(=O)CN(CCC(=O)O)C(=O)CN(Cc1cccnc1)C(=O)CN(CCCN=C(N)N)C(=O)CN(CCCN=C(N)N)C(=O)CN(CCc1ccc(O)cc1)C(=O)CNCCc1ccc(O)cc1. The second-order valence-corrected chi connectivity index (χ2v) is 18.2. The van der Waals surface area contributed by atoms with E-state index in [0.717, 1.165) is 32.2 Å². The summed E-state index contributed by atoms with van der Waals surface area (Å²) < 4.78 is 0. The van der Waals surface area contributed by atoms with Gasteiger partial charge in [-0.05, 0) is 85.7 Å². The Labute approximate surface area is 448 Å². The van der Waals surface area contributed by atoms with Gasteiger partial charge < -0.3 is 73.0 Å². The van der Waals surface area contributed by atoms with Gasteiger partial charge in [-0.3, -0.25) is 53.3 Å². The van der Waals surface area contributed by atoms with Gasteiger partial charge in [-0.15, -0.1) is 0 Å². The molecule has 77 heavy (non-hydrogen) atoms. The van der Waals surface area contributed by atoms with Gasteiger partial charge >= 0.3 is 5.97 Å². The van der Waals surface area contributed by atoms with Crippen LogP contribution in [-0.2, 0) is 57.7 Å². The molecule has 0 saturated heterocycles. The van der Waals surface area contributed by atoms with Gasteiger partial charge in [0, 0.05) is 71.7 Å². The van der Waals surface area contributed by atoms with Gasteiger partial charge in [0.1, 0.15) is 18.0 Å². The summed E-state index contributed by atoms with van der Waals surface area (Å²) >= 11 is 0. The fraction of sp³-hybridized carbons (Fsp3) is 0.481. The molecule has 420 valence electrons. The lowest BCUT2D eigenvalue weighted by atomic mass is 10.1. The summed E-state index contributed by atoms with van der Waals surface area (Å²) in [4.78, 5) is 128. The number of carbonyl (C=O) groups is 8. The van der Waals surface area contributed by atoms with Crippen molar-refractivity contribution in [3.8, 4) is 11.5 Å². The molecule has 12 N–H and O–H groups in total. The highest BCUT2D eigenvalue weighted by Gasteiger charge is 2.30. The van der Waals surface area contributed by atoms with E-state index in [-0.39, 0.29) is 101 Å². The molecule has 3 aromatic rings.